The maximum absolute atomic E-state index is 3.86. The second-order valence-corrected chi connectivity index (χ2v) is 2.59. The standard InChI is InChI=1S/C9H19N.C2H6/c1-4-6-7-8-10-9(3)5-2;1-2/h10H,3-8H2,1-2H3;1-2H3. The van der Waals surface area contributed by atoms with E-state index in [1.165, 1.54) is 19.3 Å². The Labute approximate surface area is 78.3 Å². The highest BCUT2D eigenvalue weighted by Gasteiger charge is 1.87. The SMILES string of the molecule is C=C(CC)NCCCCC.CC. The van der Waals surface area contributed by atoms with Crippen molar-refractivity contribution in [3.8, 4) is 0 Å². The molecule has 0 fully saturated rings. The third-order valence-electron chi connectivity index (χ3n) is 1.58. The first-order valence-electron chi connectivity index (χ1n) is 5.22. The third-order valence-corrected chi connectivity index (χ3v) is 1.58. The zero-order chi connectivity index (χ0) is 9.82. The van der Waals surface area contributed by atoms with Gasteiger partial charge in [0.05, 0.1) is 0 Å². The molecule has 0 amide bonds. The van der Waals surface area contributed by atoms with Crippen molar-refractivity contribution in [2.45, 2.75) is 53.4 Å². The predicted molar refractivity (Wildman–Crippen MR) is 58.3 cm³/mol. The molecule has 0 saturated heterocycles. The van der Waals surface area contributed by atoms with Crippen LogP contribution in [0.4, 0.5) is 0 Å². The summed E-state index contributed by atoms with van der Waals surface area (Å²) in [6.07, 6.45) is 4.94. The van der Waals surface area contributed by atoms with Crippen molar-refractivity contribution in [2.75, 3.05) is 6.54 Å². The first-order chi connectivity index (χ1) is 5.81. The summed E-state index contributed by atoms with van der Waals surface area (Å²) in [7, 11) is 0. The lowest BCUT2D eigenvalue weighted by atomic mass is 10.2. The molecule has 0 heterocycles. The van der Waals surface area contributed by atoms with Gasteiger partial charge in [0.25, 0.3) is 0 Å². The van der Waals surface area contributed by atoms with Crippen LogP contribution in [0.5, 0.6) is 0 Å². The van der Waals surface area contributed by atoms with Gasteiger partial charge in [0.15, 0.2) is 0 Å². The van der Waals surface area contributed by atoms with Gasteiger partial charge in [-0.05, 0) is 12.8 Å². The lowest BCUT2D eigenvalue weighted by Crippen LogP contribution is -2.12. The Balaban J connectivity index is 0. The molecule has 0 rings (SSSR count). The molecule has 12 heavy (non-hydrogen) atoms. The van der Waals surface area contributed by atoms with Gasteiger partial charge in [-0.25, -0.2) is 0 Å². The molecular weight excluding hydrogens is 146 g/mol. The summed E-state index contributed by atoms with van der Waals surface area (Å²) in [5.41, 5.74) is 1.16. The first-order valence-corrected chi connectivity index (χ1v) is 5.22. The van der Waals surface area contributed by atoms with Gasteiger partial charge in [-0.15, -0.1) is 0 Å². The maximum atomic E-state index is 3.86. The Kier molecular flexibility index (Phi) is 15.4. The average Bonchev–Trinajstić information content (AvgIpc) is 2.15. The Morgan fingerprint density at radius 2 is 1.75 bits per heavy atom. The zero-order valence-electron chi connectivity index (χ0n) is 9.24. The molecule has 0 aromatic rings. The lowest BCUT2D eigenvalue weighted by molar-refractivity contribution is 0.658. The number of nitrogens with one attached hydrogen (secondary N) is 1. The summed E-state index contributed by atoms with van der Waals surface area (Å²) in [6.45, 7) is 13.3. The highest BCUT2D eigenvalue weighted by atomic mass is 14.9. The smallest absolute Gasteiger partial charge is 0.0143 e. The minimum Gasteiger partial charge on any atom is -0.389 e. The molecule has 0 aliphatic heterocycles. The van der Waals surface area contributed by atoms with Gasteiger partial charge < -0.3 is 5.32 Å². The van der Waals surface area contributed by atoms with Crippen LogP contribution in [0, 0.1) is 0 Å². The molecular formula is C11H25N. The van der Waals surface area contributed by atoms with Crippen LogP contribution < -0.4 is 5.32 Å². The molecule has 1 nitrogen and oxygen atoms in total. The van der Waals surface area contributed by atoms with E-state index in [1.807, 2.05) is 13.8 Å². The normalized spacial score (nSPS) is 8.33. The fourth-order valence-electron chi connectivity index (χ4n) is 0.765. The molecule has 0 atom stereocenters. The van der Waals surface area contributed by atoms with Crippen molar-refractivity contribution < 1.29 is 0 Å². The summed E-state index contributed by atoms with van der Waals surface area (Å²) < 4.78 is 0. The van der Waals surface area contributed by atoms with E-state index in [2.05, 4.69) is 25.7 Å². The Morgan fingerprint density at radius 3 is 2.17 bits per heavy atom. The van der Waals surface area contributed by atoms with Crippen molar-refractivity contribution in [3.05, 3.63) is 12.3 Å². The Morgan fingerprint density at radius 1 is 1.17 bits per heavy atom. The van der Waals surface area contributed by atoms with E-state index in [4.69, 9.17) is 0 Å². The molecule has 74 valence electrons. The van der Waals surface area contributed by atoms with Gasteiger partial charge >= 0.3 is 0 Å². The molecule has 0 saturated carbocycles. The number of hydrogen-bond donors (Lipinski definition) is 1. The van der Waals surface area contributed by atoms with Gasteiger partial charge in [-0.2, -0.15) is 0 Å². The Bertz CT molecular complexity index is 87.0. The lowest BCUT2D eigenvalue weighted by Gasteiger charge is -2.05. The van der Waals surface area contributed by atoms with Crippen LogP contribution in [-0.2, 0) is 0 Å². The van der Waals surface area contributed by atoms with Crippen LogP contribution >= 0.6 is 0 Å². The van der Waals surface area contributed by atoms with Crippen molar-refractivity contribution in [2.24, 2.45) is 0 Å². The van der Waals surface area contributed by atoms with Gasteiger partial charge in [0.2, 0.25) is 0 Å². The molecule has 0 bridgehead atoms. The quantitative estimate of drug-likeness (QED) is 0.601. The maximum Gasteiger partial charge on any atom is 0.0143 e. The van der Waals surface area contributed by atoms with Gasteiger partial charge in [0, 0.05) is 12.2 Å². The van der Waals surface area contributed by atoms with Crippen molar-refractivity contribution >= 4 is 0 Å². The van der Waals surface area contributed by atoms with E-state index in [-0.39, 0.29) is 0 Å². The predicted octanol–water partition coefficient (Wildman–Crippen LogP) is 3.72. The third kappa shape index (κ3) is 12.2. The monoisotopic (exact) mass is 171 g/mol. The van der Waals surface area contributed by atoms with E-state index < -0.39 is 0 Å². The molecule has 0 radical (unpaired) electrons. The van der Waals surface area contributed by atoms with Gasteiger partial charge in [-0.3, -0.25) is 0 Å². The topological polar surface area (TPSA) is 12.0 Å². The minimum absolute atomic E-state index is 1.05. The van der Waals surface area contributed by atoms with Gasteiger partial charge in [0.1, 0.15) is 0 Å². The van der Waals surface area contributed by atoms with Crippen LogP contribution in [0.1, 0.15) is 53.4 Å². The molecule has 0 aromatic heterocycles. The summed E-state index contributed by atoms with van der Waals surface area (Å²) in [6, 6.07) is 0. The van der Waals surface area contributed by atoms with E-state index in [0.717, 1.165) is 18.7 Å². The summed E-state index contributed by atoms with van der Waals surface area (Å²) in [5, 5.41) is 3.27. The fraction of sp³-hybridized carbons (Fsp3) is 0.818. The summed E-state index contributed by atoms with van der Waals surface area (Å²) in [5.74, 6) is 0. The van der Waals surface area contributed by atoms with Crippen LogP contribution in [0.15, 0.2) is 12.3 Å². The van der Waals surface area contributed by atoms with Gasteiger partial charge in [-0.1, -0.05) is 47.1 Å². The summed E-state index contributed by atoms with van der Waals surface area (Å²) >= 11 is 0. The van der Waals surface area contributed by atoms with Crippen LogP contribution in [0.2, 0.25) is 0 Å². The average molecular weight is 171 g/mol. The van der Waals surface area contributed by atoms with Crippen LogP contribution in [0.3, 0.4) is 0 Å². The number of hydrogen-bond acceptors (Lipinski definition) is 1. The number of allylic oxidation sites excluding steroid dienone is 1. The minimum atomic E-state index is 1.05. The highest BCUT2D eigenvalue weighted by Crippen LogP contribution is 1.94. The molecule has 0 aromatic carbocycles. The molecule has 0 spiro atoms. The molecule has 0 aliphatic rings. The van der Waals surface area contributed by atoms with Crippen LogP contribution in [-0.4, -0.2) is 6.54 Å². The summed E-state index contributed by atoms with van der Waals surface area (Å²) in [4.78, 5) is 0. The second-order valence-electron chi connectivity index (χ2n) is 2.59. The van der Waals surface area contributed by atoms with Crippen molar-refractivity contribution in [3.63, 3.8) is 0 Å². The van der Waals surface area contributed by atoms with E-state index in [9.17, 15) is 0 Å². The van der Waals surface area contributed by atoms with E-state index in [1.54, 1.807) is 0 Å². The second kappa shape index (κ2) is 13.2. The largest absolute Gasteiger partial charge is 0.389 e. The molecule has 1 N–H and O–H groups in total. The number of rotatable bonds is 6. The Hall–Kier alpha value is -0.460. The number of unbranched alkanes of at least 4 members (excludes halogenated alkanes) is 2. The van der Waals surface area contributed by atoms with E-state index >= 15 is 0 Å². The molecule has 0 aliphatic carbocycles. The highest BCUT2D eigenvalue weighted by molar-refractivity contribution is 4.88. The zero-order valence-corrected chi connectivity index (χ0v) is 9.24. The first kappa shape index (κ1) is 14.1. The molecule has 1 heteroatoms. The van der Waals surface area contributed by atoms with Crippen molar-refractivity contribution in [1.82, 2.24) is 5.32 Å². The van der Waals surface area contributed by atoms with Crippen LogP contribution in [0.25, 0.3) is 0 Å². The van der Waals surface area contributed by atoms with E-state index in [0.29, 0.717) is 0 Å². The molecule has 0 unspecified atom stereocenters. The van der Waals surface area contributed by atoms with Crippen molar-refractivity contribution in [1.29, 1.82) is 0 Å². The fourth-order valence-corrected chi connectivity index (χ4v) is 0.765.